The van der Waals surface area contributed by atoms with Crippen molar-refractivity contribution in [2.75, 3.05) is 13.2 Å². The highest BCUT2D eigenvalue weighted by Crippen LogP contribution is 2.44. The van der Waals surface area contributed by atoms with Gasteiger partial charge >= 0.3 is 13.2 Å². The summed E-state index contributed by atoms with van der Waals surface area (Å²) in [6.07, 6.45) is 1.58. The first-order chi connectivity index (χ1) is 18.7. The van der Waals surface area contributed by atoms with E-state index in [0.29, 0.717) is 0 Å². The Bertz CT molecular complexity index is 1510. The van der Waals surface area contributed by atoms with Crippen LogP contribution in [0.3, 0.4) is 0 Å². The quantitative estimate of drug-likeness (QED) is 0.260. The van der Waals surface area contributed by atoms with E-state index < -0.39 is 24.4 Å². The van der Waals surface area contributed by atoms with Crippen molar-refractivity contribution in [3.05, 3.63) is 100 Å². The first-order valence-electron chi connectivity index (χ1n) is 13.3. The van der Waals surface area contributed by atoms with Gasteiger partial charge in [0.15, 0.2) is 0 Å². The molecule has 1 fully saturated rings. The zero-order valence-corrected chi connectivity index (χ0v) is 23.5. The summed E-state index contributed by atoms with van der Waals surface area (Å²) in [4.78, 5) is 12.9. The van der Waals surface area contributed by atoms with Crippen LogP contribution < -0.4 is 5.32 Å². The molecule has 3 aromatic carbocycles. The van der Waals surface area contributed by atoms with Gasteiger partial charge in [-0.3, -0.25) is 0 Å². The molecule has 0 saturated carbocycles. The van der Waals surface area contributed by atoms with E-state index in [9.17, 15) is 4.79 Å². The summed E-state index contributed by atoms with van der Waals surface area (Å²) >= 11 is 1.72. The van der Waals surface area contributed by atoms with Crippen molar-refractivity contribution in [2.24, 2.45) is 0 Å². The zero-order chi connectivity index (χ0) is 27.2. The highest BCUT2D eigenvalue weighted by molar-refractivity contribution is 7.17. The van der Waals surface area contributed by atoms with Gasteiger partial charge in [0.2, 0.25) is 0 Å². The molecule has 0 spiro atoms. The molecule has 0 bridgehead atoms. The summed E-state index contributed by atoms with van der Waals surface area (Å²) in [5.74, 6) is 0.0126. The van der Waals surface area contributed by atoms with Crippen molar-refractivity contribution < 1.29 is 18.8 Å². The Morgan fingerprint density at radius 1 is 0.949 bits per heavy atom. The van der Waals surface area contributed by atoms with E-state index >= 15 is 0 Å². The van der Waals surface area contributed by atoms with Crippen LogP contribution in [-0.2, 0) is 14.0 Å². The lowest BCUT2D eigenvalue weighted by Gasteiger charge is -2.32. The van der Waals surface area contributed by atoms with E-state index in [1.165, 1.54) is 32.3 Å². The number of alkyl carbamates (subject to hydrolysis) is 1. The monoisotopic (exact) mass is 537 g/mol. The van der Waals surface area contributed by atoms with Crippen molar-refractivity contribution in [1.82, 2.24) is 5.32 Å². The molecule has 1 amide bonds. The number of fused-ring (bicyclic) bond motifs is 4. The molecule has 198 valence electrons. The number of benzene rings is 3. The number of carbonyl (C=O) groups excluding carboxylic acids is 1. The maximum Gasteiger partial charge on any atom is 0.492 e. The third kappa shape index (κ3) is 4.91. The first kappa shape index (κ1) is 25.9. The van der Waals surface area contributed by atoms with Gasteiger partial charge in [-0.1, -0.05) is 60.7 Å². The average Bonchev–Trinajstić information content (AvgIpc) is 3.57. The highest BCUT2D eigenvalue weighted by atomic mass is 32.1. The lowest BCUT2D eigenvalue weighted by Crippen LogP contribution is -2.41. The van der Waals surface area contributed by atoms with Crippen molar-refractivity contribution in [2.45, 2.75) is 44.8 Å². The smallest absolute Gasteiger partial charge is 0.449 e. The molecule has 1 N–H and O–H groups in total. The van der Waals surface area contributed by atoms with Crippen LogP contribution in [0.5, 0.6) is 0 Å². The molecular formula is C32H32BNO4S. The van der Waals surface area contributed by atoms with Gasteiger partial charge in [-0.05, 0) is 90.0 Å². The largest absolute Gasteiger partial charge is 0.492 e. The fourth-order valence-electron chi connectivity index (χ4n) is 5.31. The molecule has 0 radical (unpaired) electrons. The predicted octanol–water partition coefficient (Wildman–Crippen LogP) is 7.45. The first-order valence-corrected chi connectivity index (χ1v) is 14.2. The molecule has 0 unspecified atom stereocenters. The van der Waals surface area contributed by atoms with E-state index in [2.05, 4.69) is 59.2 Å². The minimum Gasteiger partial charge on any atom is -0.449 e. The van der Waals surface area contributed by atoms with Crippen molar-refractivity contribution in [3.63, 3.8) is 0 Å². The summed E-state index contributed by atoms with van der Waals surface area (Å²) in [7, 11) is -0.581. The molecule has 6 rings (SSSR count). The highest BCUT2D eigenvalue weighted by Gasteiger charge is 2.52. The fourth-order valence-corrected chi connectivity index (χ4v) is 6.08. The van der Waals surface area contributed by atoms with Gasteiger partial charge in [0, 0.05) is 17.2 Å². The predicted molar refractivity (Wildman–Crippen MR) is 159 cm³/mol. The maximum absolute atomic E-state index is 12.9. The van der Waals surface area contributed by atoms with Gasteiger partial charge in [0.1, 0.15) is 6.61 Å². The second-order valence-electron chi connectivity index (χ2n) is 11.2. The van der Waals surface area contributed by atoms with Crippen LogP contribution in [0, 0.1) is 0 Å². The molecule has 2 heterocycles. The summed E-state index contributed by atoms with van der Waals surface area (Å²) < 4.78 is 19.7. The number of hydrogen-bond donors (Lipinski definition) is 1. The number of amides is 1. The van der Waals surface area contributed by atoms with Gasteiger partial charge in [-0.15, -0.1) is 11.3 Å². The van der Waals surface area contributed by atoms with E-state index in [0.717, 1.165) is 11.0 Å². The van der Waals surface area contributed by atoms with Crippen LogP contribution in [0.25, 0.3) is 27.3 Å². The second kappa shape index (κ2) is 9.98. The number of nitrogens with one attached hydrogen (secondary N) is 1. The van der Waals surface area contributed by atoms with Gasteiger partial charge in [0.05, 0.1) is 11.2 Å². The lowest BCUT2D eigenvalue weighted by molar-refractivity contribution is 0.00578. The average molecular weight is 537 g/mol. The number of ether oxygens (including phenoxy) is 1. The van der Waals surface area contributed by atoms with Crippen LogP contribution in [-0.4, -0.2) is 37.6 Å². The van der Waals surface area contributed by atoms with Gasteiger partial charge in [-0.2, -0.15) is 0 Å². The molecule has 5 nitrogen and oxygen atoms in total. The molecule has 0 atom stereocenters. The van der Waals surface area contributed by atoms with Crippen LogP contribution in [0.2, 0.25) is 0 Å². The maximum atomic E-state index is 12.9. The molecule has 2 aliphatic rings. The van der Waals surface area contributed by atoms with Crippen molar-refractivity contribution in [1.29, 1.82) is 0 Å². The summed E-state index contributed by atoms with van der Waals surface area (Å²) in [6, 6.07) is 25.1. The number of hydrogen-bond acceptors (Lipinski definition) is 5. The van der Waals surface area contributed by atoms with Gasteiger partial charge < -0.3 is 19.4 Å². The van der Waals surface area contributed by atoms with Crippen LogP contribution >= 0.6 is 11.3 Å². The topological polar surface area (TPSA) is 56.8 Å². The number of carbonyl (C=O) groups is 1. The van der Waals surface area contributed by atoms with Crippen LogP contribution in [0.4, 0.5) is 4.79 Å². The number of rotatable bonds is 6. The Hall–Kier alpha value is -3.39. The minimum atomic E-state index is -0.581. The number of thiophene rings is 1. The molecule has 1 aromatic heterocycles. The Morgan fingerprint density at radius 2 is 1.59 bits per heavy atom. The van der Waals surface area contributed by atoms with Gasteiger partial charge in [-0.25, -0.2) is 4.79 Å². The summed E-state index contributed by atoms with van der Waals surface area (Å²) in [5, 5.41) is 6.23. The SMILES string of the molecule is CC1(C)OB(C(=Cc2ccc3sccc3c2)CNC(=O)OCC2c3ccccc3-c3ccccc32)OC1(C)C. The molecule has 1 saturated heterocycles. The van der Waals surface area contributed by atoms with E-state index in [1.807, 2.05) is 58.0 Å². The van der Waals surface area contributed by atoms with Crippen molar-refractivity contribution in [3.8, 4) is 11.1 Å². The normalized spacial score (nSPS) is 17.7. The van der Waals surface area contributed by atoms with Gasteiger partial charge in [0.25, 0.3) is 0 Å². The molecule has 4 aromatic rings. The fraction of sp³-hybridized carbons (Fsp3) is 0.281. The standard InChI is InChI=1S/C32H32BNO4S/c1-31(2)32(3,4)38-33(37-31)23(18-21-13-14-29-22(17-21)15-16-39-29)19-34-30(35)36-20-28-26-11-7-5-9-24(26)25-10-6-8-12-27(25)28/h5-18,28H,19-20H2,1-4H3,(H,34,35). The Balaban J connectivity index is 1.18. The summed E-state index contributed by atoms with van der Waals surface area (Å²) in [6.45, 7) is 8.63. The molecular weight excluding hydrogens is 505 g/mol. The Kier molecular flexibility index (Phi) is 6.62. The molecule has 1 aliphatic heterocycles. The van der Waals surface area contributed by atoms with Crippen molar-refractivity contribution >= 4 is 40.7 Å². The Labute approximate surface area is 233 Å². The summed E-state index contributed by atoms with van der Waals surface area (Å²) in [5.41, 5.74) is 5.67. The minimum absolute atomic E-state index is 0.0126. The van der Waals surface area contributed by atoms with E-state index in [4.69, 9.17) is 14.0 Å². The van der Waals surface area contributed by atoms with E-state index in [1.54, 1.807) is 11.3 Å². The zero-order valence-electron chi connectivity index (χ0n) is 22.7. The molecule has 39 heavy (non-hydrogen) atoms. The van der Waals surface area contributed by atoms with E-state index in [-0.39, 0.29) is 19.1 Å². The second-order valence-corrected chi connectivity index (χ2v) is 12.2. The third-order valence-corrected chi connectivity index (χ3v) is 9.06. The molecule has 7 heteroatoms. The van der Waals surface area contributed by atoms with Crippen LogP contribution in [0.15, 0.2) is 83.6 Å². The Morgan fingerprint density at radius 3 is 2.26 bits per heavy atom. The molecule has 1 aliphatic carbocycles. The van der Waals surface area contributed by atoms with Crippen LogP contribution in [0.1, 0.15) is 50.3 Å². The third-order valence-electron chi connectivity index (χ3n) is 8.17. The lowest BCUT2D eigenvalue weighted by atomic mass is 9.77.